The molecule has 0 aliphatic heterocycles. The van der Waals surface area contributed by atoms with Crippen molar-refractivity contribution in [2.45, 2.75) is 25.8 Å². The van der Waals surface area contributed by atoms with Crippen LogP contribution >= 0.6 is 27.5 Å². The van der Waals surface area contributed by atoms with Crippen molar-refractivity contribution in [2.24, 2.45) is 0 Å². The van der Waals surface area contributed by atoms with Crippen molar-refractivity contribution < 1.29 is 9.90 Å². The summed E-state index contributed by atoms with van der Waals surface area (Å²) in [6, 6.07) is 4.96. The highest BCUT2D eigenvalue weighted by Gasteiger charge is 2.23. The summed E-state index contributed by atoms with van der Waals surface area (Å²) in [5, 5.41) is 12.6. The lowest BCUT2D eigenvalue weighted by Gasteiger charge is -2.27. The number of hydrogen-bond donors (Lipinski definition) is 2. The number of nitrogens with one attached hydrogen (secondary N) is 1. The SMILES string of the molecule is CCC(C)(CO)NC(=O)c1ccc(Cl)c(Br)c1. The highest BCUT2D eigenvalue weighted by Crippen LogP contribution is 2.23. The van der Waals surface area contributed by atoms with E-state index in [4.69, 9.17) is 11.6 Å². The lowest BCUT2D eigenvalue weighted by Crippen LogP contribution is -2.48. The molecule has 0 bridgehead atoms. The second-order valence-corrected chi connectivity index (χ2v) is 5.42. The summed E-state index contributed by atoms with van der Waals surface area (Å²) in [5.41, 5.74) is -0.0853. The van der Waals surface area contributed by atoms with E-state index in [-0.39, 0.29) is 12.5 Å². The second-order valence-electron chi connectivity index (χ2n) is 4.16. The van der Waals surface area contributed by atoms with Gasteiger partial charge in [0.2, 0.25) is 0 Å². The second kappa shape index (κ2) is 5.85. The molecular weight excluding hydrogens is 305 g/mol. The molecule has 17 heavy (non-hydrogen) atoms. The fourth-order valence-electron chi connectivity index (χ4n) is 1.22. The molecule has 1 amide bonds. The Balaban J connectivity index is 2.86. The monoisotopic (exact) mass is 319 g/mol. The van der Waals surface area contributed by atoms with Gasteiger partial charge in [-0.15, -0.1) is 0 Å². The molecule has 1 atom stereocenters. The van der Waals surface area contributed by atoms with E-state index in [2.05, 4.69) is 21.2 Å². The number of carbonyl (C=O) groups excluding carboxylic acids is 1. The quantitative estimate of drug-likeness (QED) is 0.896. The minimum absolute atomic E-state index is 0.0933. The van der Waals surface area contributed by atoms with Gasteiger partial charge in [0.05, 0.1) is 17.2 Å². The Hall–Kier alpha value is -0.580. The molecule has 0 radical (unpaired) electrons. The largest absolute Gasteiger partial charge is 0.394 e. The Morgan fingerprint density at radius 3 is 2.71 bits per heavy atom. The summed E-state index contributed by atoms with van der Waals surface area (Å²) in [6.07, 6.45) is 0.657. The molecule has 0 fully saturated rings. The summed E-state index contributed by atoms with van der Waals surface area (Å²) >= 11 is 9.12. The van der Waals surface area contributed by atoms with E-state index in [9.17, 15) is 9.90 Å². The Kier molecular flexibility index (Phi) is 4.98. The summed E-state index contributed by atoms with van der Waals surface area (Å²) in [6.45, 7) is 3.62. The first kappa shape index (κ1) is 14.5. The fraction of sp³-hybridized carbons (Fsp3) is 0.417. The number of benzene rings is 1. The molecule has 1 unspecified atom stereocenters. The highest BCUT2D eigenvalue weighted by atomic mass is 79.9. The molecule has 5 heteroatoms. The first-order valence-electron chi connectivity index (χ1n) is 5.30. The van der Waals surface area contributed by atoms with E-state index in [1.165, 1.54) is 0 Å². The van der Waals surface area contributed by atoms with Crippen LogP contribution in [0, 0.1) is 0 Å². The predicted octanol–water partition coefficient (Wildman–Crippen LogP) is 2.99. The van der Waals surface area contributed by atoms with Crippen molar-refractivity contribution in [3.63, 3.8) is 0 Å². The molecule has 1 rings (SSSR count). The number of aliphatic hydroxyl groups is 1. The third kappa shape index (κ3) is 3.69. The molecule has 1 aromatic rings. The smallest absolute Gasteiger partial charge is 0.251 e. The fourth-order valence-corrected chi connectivity index (χ4v) is 1.72. The number of halogens is 2. The molecule has 0 heterocycles. The van der Waals surface area contributed by atoms with Crippen molar-refractivity contribution in [3.8, 4) is 0 Å². The lowest BCUT2D eigenvalue weighted by atomic mass is 9.99. The molecule has 0 aromatic heterocycles. The first-order valence-corrected chi connectivity index (χ1v) is 6.47. The maximum Gasteiger partial charge on any atom is 0.251 e. The van der Waals surface area contributed by atoms with E-state index in [0.717, 1.165) is 0 Å². The Labute approximate surface area is 114 Å². The van der Waals surface area contributed by atoms with Crippen LogP contribution in [0.3, 0.4) is 0 Å². The Morgan fingerprint density at radius 1 is 1.59 bits per heavy atom. The number of aliphatic hydroxyl groups excluding tert-OH is 1. The zero-order chi connectivity index (χ0) is 13.1. The number of carbonyl (C=O) groups is 1. The van der Waals surface area contributed by atoms with Gasteiger partial charge in [-0.25, -0.2) is 0 Å². The number of hydrogen-bond acceptors (Lipinski definition) is 2. The van der Waals surface area contributed by atoms with Gasteiger partial charge >= 0.3 is 0 Å². The average Bonchev–Trinajstić information content (AvgIpc) is 2.32. The molecule has 94 valence electrons. The minimum Gasteiger partial charge on any atom is -0.394 e. The third-order valence-electron chi connectivity index (χ3n) is 2.73. The van der Waals surface area contributed by atoms with E-state index in [0.29, 0.717) is 21.5 Å². The lowest BCUT2D eigenvalue weighted by molar-refractivity contribution is 0.0847. The standard InChI is InChI=1S/C12H15BrClNO2/c1-3-12(2,7-16)15-11(17)8-4-5-10(14)9(13)6-8/h4-6,16H,3,7H2,1-2H3,(H,15,17). The molecule has 0 saturated heterocycles. The Bertz CT molecular complexity index is 419. The topological polar surface area (TPSA) is 49.3 Å². The zero-order valence-electron chi connectivity index (χ0n) is 9.76. The molecule has 2 N–H and O–H groups in total. The average molecular weight is 321 g/mol. The van der Waals surface area contributed by atoms with Gasteiger partial charge in [-0.2, -0.15) is 0 Å². The van der Waals surface area contributed by atoms with Crippen LogP contribution in [0.25, 0.3) is 0 Å². The van der Waals surface area contributed by atoms with Crippen LogP contribution in [0.5, 0.6) is 0 Å². The van der Waals surface area contributed by atoms with Crippen molar-refractivity contribution in [3.05, 3.63) is 33.3 Å². The maximum absolute atomic E-state index is 12.0. The van der Waals surface area contributed by atoms with Gasteiger partial charge in [0.15, 0.2) is 0 Å². The van der Waals surface area contributed by atoms with Crippen LogP contribution in [0.15, 0.2) is 22.7 Å². The minimum atomic E-state index is -0.594. The molecule has 1 aromatic carbocycles. The molecule has 0 spiro atoms. The maximum atomic E-state index is 12.0. The van der Waals surface area contributed by atoms with Crippen LogP contribution in [-0.4, -0.2) is 23.2 Å². The van der Waals surface area contributed by atoms with Crippen molar-refractivity contribution in [1.29, 1.82) is 0 Å². The van der Waals surface area contributed by atoms with Gasteiger partial charge in [0.25, 0.3) is 5.91 Å². The first-order chi connectivity index (χ1) is 7.91. The van der Waals surface area contributed by atoms with Crippen LogP contribution in [-0.2, 0) is 0 Å². The van der Waals surface area contributed by atoms with Gasteiger partial charge in [0.1, 0.15) is 0 Å². The number of amides is 1. The van der Waals surface area contributed by atoms with Crippen molar-refractivity contribution >= 4 is 33.4 Å². The van der Waals surface area contributed by atoms with Gasteiger partial charge in [0, 0.05) is 10.0 Å². The summed E-state index contributed by atoms with van der Waals surface area (Å²) in [4.78, 5) is 12.0. The van der Waals surface area contributed by atoms with Crippen molar-refractivity contribution in [2.75, 3.05) is 6.61 Å². The van der Waals surface area contributed by atoms with Crippen molar-refractivity contribution in [1.82, 2.24) is 5.32 Å². The van der Waals surface area contributed by atoms with Gasteiger partial charge in [-0.05, 0) is 47.5 Å². The normalized spacial score (nSPS) is 14.2. The molecule has 0 aliphatic rings. The Morgan fingerprint density at radius 2 is 2.24 bits per heavy atom. The summed E-state index contributed by atoms with van der Waals surface area (Å²) in [7, 11) is 0. The summed E-state index contributed by atoms with van der Waals surface area (Å²) < 4.78 is 0.675. The van der Waals surface area contributed by atoms with Crippen LogP contribution in [0.4, 0.5) is 0 Å². The van der Waals surface area contributed by atoms with Gasteiger partial charge in [-0.3, -0.25) is 4.79 Å². The van der Waals surface area contributed by atoms with Crippen LogP contribution in [0.2, 0.25) is 5.02 Å². The van der Waals surface area contributed by atoms with E-state index >= 15 is 0 Å². The molecular formula is C12H15BrClNO2. The number of rotatable bonds is 4. The highest BCUT2D eigenvalue weighted by molar-refractivity contribution is 9.10. The summed E-state index contributed by atoms with van der Waals surface area (Å²) in [5.74, 6) is -0.222. The molecule has 0 aliphatic carbocycles. The molecule has 0 saturated carbocycles. The van der Waals surface area contributed by atoms with Crippen LogP contribution < -0.4 is 5.32 Å². The van der Waals surface area contributed by atoms with Gasteiger partial charge < -0.3 is 10.4 Å². The van der Waals surface area contributed by atoms with E-state index < -0.39 is 5.54 Å². The predicted molar refractivity (Wildman–Crippen MR) is 72.4 cm³/mol. The van der Waals surface area contributed by atoms with E-state index in [1.54, 1.807) is 25.1 Å². The van der Waals surface area contributed by atoms with Crippen LogP contribution in [0.1, 0.15) is 30.6 Å². The van der Waals surface area contributed by atoms with E-state index in [1.807, 2.05) is 6.92 Å². The third-order valence-corrected chi connectivity index (χ3v) is 3.94. The van der Waals surface area contributed by atoms with Gasteiger partial charge in [-0.1, -0.05) is 18.5 Å². The zero-order valence-corrected chi connectivity index (χ0v) is 12.1. The molecule has 3 nitrogen and oxygen atoms in total.